The third kappa shape index (κ3) is 0.408. The number of rotatable bonds is 1. The maximum Gasteiger partial charge on any atom is 0.338 e. The SMILES string of the molecule is O=C(O)c1c2ccnc1-2. The van der Waals surface area contributed by atoms with Crippen molar-refractivity contribution in [1.29, 1.82) is 0 Å². The Balaban J connectivity index is 2.53. The minimum absolute atomic E-state index is 0.387. The van der Waals surface area contributed by atoms with Crippen LogP contribution in [-0.2, 0) is 0 Å². The molecule has 1 aliphatic carbocycles. The largest absolute Gasteiger partial charge is 0.478 e. The minimum Gasteiger partial charge on any atom is -0.478 e. The Morgan fingerprint density at radius 2 is 2.44 bits per heavy atom. The van der Waals surface area contributed by atoms with Crippen molar-refractivity contribution < 1.29 is 9.90 Å². The van der Waals surface area contributed by atoms with Crippen LogP contribution >= 0.6 is 0 Å². The molecule has 1 heterocycles. The summed E-state index contributed by atoms with van der Waals surface area (Å²) in [6.07, 6.45) is 1.61. The summed E-state index contributed by atoms with van der Waals surface area (Å²) in [6, 6.07) is 1.71. The summed E-state index contributed by atoms with van der Waals surface area (Å²) >= 11 is 0. The van der Waals surface area contributed by atoms with E-state index in [0.717, 1.165) is 5.56 Å². The summed E-state index contributed by atoms with van der Waals surface area (Å²) in [6.45, 7) is 0. The van der Waals surface area contributed by atoms with E-state index in [1.54, 1.807) is 12.3 Å². The molecule has 9 heavy (non-hydrogen) atoms. The first-order chi connectivity index (χ1) is 4.30. The van der Waals surface area contributed by atoms with Crippen LogP contribution in [0.25, 0.3) is 11.3 Å². The molecule has 1 aliphatic heterocycles. The van der Waals surface area contributed by atoms with E-state index in [1.807, 2.05) is 0 Å². The molecule has 44 valence electrons. The number of aromatic nitrogens is 1. The van der Waals surface area contributed by atoms with E-state index in [0.29, 0.717) is 11.3 Å². The van der Waals surface area contributed by atoms with Gasteiger partial charge in [-0.2, -0.15) is 0 Å². The molecular formula is C6H3NO2. The summed E-state index contributed by atoms with van der Waals surface area (Å²) in [5.74, 6) is -0.867. The number of carboxylic acids is 1. The van der Waals surface area contributed by atoms with Gasteiger partial charge in [-0.05, 0) is 6.07 Å². The number of nitrogens with zero attached hydrogens (tertiary/aromatic N) is 1. The second-order valence-electron chi connectivity index (χ2n) is 1.89. The Kier molecular flexibility index (Phi) is 0.563. The van der Waals surface area contributed by atoms with Crippen LogP contribution < -0.4 is 0 Å². The second kappa shape index (κ2) is 1.13. The molecule has 0 saturated heterocycles. The van der Waals surface area contributed by atoms with Crippen LogP contribution in [0, 0.1) is 0 Å². The zero-order chi connectivity index (χ0) is 6.43. The molecule has 0 radical (unpaired) electrons. The van der Waals surface area contributed by atoms with E-state index < -0.39 is 5.97 Å². The number of pyridine rings is 1. The number of carboxylic acid groups (broad SMARTS) is 1. The molecule has 0 amide bonds. The third-order valence-corrected chi connectivity index (χ3v) is 1.36. The van der Waals surface area contributed by atoms with Crippen molar-refractivity contribution in [1.82, 2.24) is 4.98 Å². The molecule has 0 aromatic heterocycles. The van der Waals surface area contributed by atoms with Gasteiger partial charge >= 0.3 is 5.97 Å². The highest BCUT2D eigenvalue weighted by Crippen LogP contribution is 2.39. The molecule has 2 rings (SSSR count). The molecular weight excluding hydrogens is 118 g/mol. The van der Waals surface area contributed by atoms with Gasteiger partial charge in [0.2, 0.25) is 0 Å². The first-order valence-corrected chi connectivity index (χ1v) is 2.53. The maximum absolute atomic E-state index is 10.2. The van der Waals surface area contributed by atoms with Gasteiger partial charge in [0.1, 0.15) is 0 Å². The number of fused-ring (bicyclic) bond motifs is 1. The summed E-state index contributed by atoms with van der Waals surface area (Å²) in [5.41, 5.74) is 1.84. The molecule has 0 atom stereocenters. The van der Waals surface area contributed by atoms with Crippen molar-refractivity contribution in [3.8, 4) is 11.3 Å². The fraction of sp³-hybridized carbons (Fsp3) is 0. The fourth-order valence-corrected chi connectivity index (χ4v) is 0.891. The zero-order valence-corrected chi connectivity index (χ0v) is 4.46. The zero-order valence-electron chi connectivity index (χ0n) is 4.46. The van der Waals surface area contributed by atoms with E-state index in [4.69, 9.17) is 5.11 Å². The first kappa shape index (κ1) is 4.49. The van der Waals surface area contributed by atoms with E-state index in [2.05, 4.69) is 4.98 Å². The molecule has 1 N–H and O–H groups in total. The molecule has 3 nitrogen and oxygen atoms in total. The van der Waals surface area contributed by atoms with Gasteiger partial charge in [-0.3, -0.25) is 4.98 Å². The van der Waals surface area contributed by atoms with Crippen molar-refractivity contribution in [2.45, 2.75) is 0 Å². The number of hydrogen-bond donors (Lipinski definition) is 1. The second-order valence-corrected chi connectivity index (χ2v) is 1.89. The van der Waals surface area contributed by atoms with E-state index in [1.165, 1.54) is 0 Å². The molecule has 0 aromatic rings. The van der Waals surface area contributed by atoms with Crippen molar-refractivity contribution in [2.24, 2.45) is 0 Å². The van der Waals surface area contributed by atoms with Gasteiger partial charge in [-0.15, -0.1) is 0 Å². The minimum atomic E-state index is -0.867. The molecule has 0 spiro atoms. The quantitative estimate of drug-likeness (QED) is 0.605. The van der Waals surface area contributed by atoms with Crippen LogP contribution in [0.5, 0.6) is 0 Å². The van der Waals surface area contributed by atoms with Gasteiger partial charge < -0.3 is 5.11 Å². The van der Waals surface area contributed by atoms with Crippen LogP contribution in [-0.4, -0.2) is 16.1 Å². The molecule has 0 saturated carbocycles. The van der Waals surface area contributed by atoms with Crippen molar-refractivity contribution in [3.63, 3.8) is 0 Å². The van der Waals surface area contributed by atoms with E-state index in [9.17, 15) is 4.79 Å². The predicted octanol–water partition coefficient (Wildman–Crippen LogP) is 0.760. The third-order valence-electron chi connectivity index (χ3n) is 1.36. The molecule has 0 bridgehead atoms. The normalized spacial score (nSPS) is 11.1. The molecule has 0 aromatic carbocycles. The van der Waals surface area contributed by atoms with Crippen LogP contribution in [0.2, 0.25) is 0 Å². The fourth-order valence-electron chi connectivity index (χ4n) is 0.891. The van der Waals surface area contributed by atoms with Gasteiger partial charge in [-0.1, -0.05) is 0 Å². The topological polar surface area (TPSA) is 50.2 Å². The Bertz CT molecular complexity index is 273. The summed E-state index contributed by atoms with van der Waals surface area (Å²) < 4.78 is 0. The Hall–Kier alpha value is -1.38. The number of hydrogen-bond acceptors (Lipinski definition) is 2. The molecule has 0 unspecified atom stereocenters. The smallest absolute Gasteiger partial charge is 0.338 e. The predicted molar refractivity (Wildman–Crippen MR) is 30.2 cm³/mol. The molecule has 3 heteroatoms. The van der Waals surface area contributed by atoms with Gasteiger partial charge in [0, 0.05) is 11.8 Å². The Morgan fingerprint density at radius 3 is 2.78 bits per heavy atom. The van der Waals surface area contributed by atoms with E-state index >= 15 is 0 Å². The average Bonchev–Trinajstić information content (AvgIpc) is 2.30. The van der Waals surface area contributed by atoms with Crippen molar-refractivity contribution >= 4 is 5.97 Å². The summed E-state index contributed by atoms with van der Waals surface area (Å²) in [4.78, 5) is 14.0. The highest BCUT2D eigenvalue weighted by Gasteiger charge is 2.31. The first-order valence-electron chi connectivity index (χ1n) is 2.53. The van der Waals surface area contributed by atoms with Crippen LogP contribution in [0.1, 0.15) is 10.4 Å². The lowest BCUT2D eigenvalue weighted by atomic mass is 10.5. The lowest BCUT2D eigenvalue weighted by molar-refractivity contribution is 0.0703. The number of carbonyl (C=O) groups is 1. The van der Waals surface area contributed by atoms with Crippen LogP contribution in [0.15, 0.2) is 12.3 Å². The highest BCUT2D eigenvalue weighted by molar-refractivity contribution is 6.11. The van der Waals surface area contributed by atoms with Crippen LogP contribution in [0.3, 0.4) is 0 Å². The summed E-state index contributed by atoms with van der Waals surface area (Å²) in [7, 11) is 0. The Labute approximate surface area is 51.0 Å². The van der Waals surface area contributed by atoms with E-state index in [-0.39, 0.29) is 0 Å². The Morgan fingerprint density at radius 1 is 1.67 bits per heavy atom. The standard InChI is InChI=1S/C6H3NO2/c8-6(9)4-3-1-2-7-5(3)4/h1-2H,(H,8,9). The van der Waals surface area contributed by atoms with Gasteiger partial charge in [0.25, 0.3) is 0 Å². The molecule has 2 aliphatic rings. The molecule has 0 fully saturated rings. The monoisotopic (exact) mass is 121 g/mol. The number of aromatic carboxylic acids is 1. The van der Waals surface area contributed by atoms with Gasteiger partial charge in [-0.25, -0.2) is 4.79 Å². The van der Waals surface area contributed by atoms with Gasteiger partial charge in [0.05, 0.1) is 11.3 Å². The van der Waals surface area contributed by atoms with Crippen molar-refractivity contribution in [3.05, 3.63) is 17.8 Å². The summed E-state index contributed by atoms with van der Waals surface area (Å²) in [5, 5.41) is 8.39. The van der Waals surface area contributed by atoms with Crippen LogP contribution in [0.4, 0.5) is 0 Å². The van der Waals surface area contributed by atoms with Gasteiger partial charge in [0.15, 0.2) is 0 Å². The lowest BCUT2D eigenvalue weighted by Gasteiger charge is -1.71. The average molecular weight is 121 g/mol. The highest BCUT2D eigenvalue weighted by atomic mass is 16.4. The van der Waals surface area contributed by atoms with Crippen molar-refractivity contribution in [2.75, 3.05) is 0 Å². The maximum atomic E-state index is 10.2. The lowest BCUT2D eigenvalue weighted by Crippen LogP contribution is -1.86.